The molecule has 1 amide bonds. The molecule has 2 aromatic carbocycles. The van der Waals surface area contributed by atoms with E-state index in [1.807, 2.05) is 48.5 Å². The molecule has 2 aromatic heterocycles. The Kier molecular flexibility index (Phi) is 5.91. The van der Waals surface area contributed by atoms with Crippen LogP contribution in [0.15, 0.2) is 91.4 Å². The summed E-state index contributed by atoms with van der Waals surface area (Å²) in [6.45, 7) is 0.526. The highest BCUT2D eigenvalue weighted by molar-refractivity contribution is 6.02. The minimum Gasteiger partial charge on any atom is -0.457 e. The smallest absolute Gasteiger partial charge is 0.275 e. The minimum absolute atomic E-state index is 0.225. The summed E-state index contributed by atoms with van der Waals surface area (Å²) >= 11 is 0. The highest BCUT2D eigenvalue weighted by atomic mass is 16.5. The van der Waals surface area contributed by atoms with Crippen LogP contribution in [-0.4, -0.2) is 20.9 Å². The van der Waals surface area contributed by atoms with Crippen LogP contribution in [0.25, 0.3) is 0 Å². The van der Waals surface area contributed by atoms with E-state index in [-0.39, 0.29) is 11.6 Å². The molecular weight excluding hydrogens is 378 g/mol. The maximum absolute atomic E-state index is 12.4. The predicted octanol–water partition coefficient (Wildman–Crippen LogP) is 4.53. The van der Waals surface area contributed by atoms with Crippen LogP contribution >= 0.6 is 0 Å². The second kappa shape index (κ2) is 9.29. The average Bonchev–Trinajstić information content (AvgIpc) is 2.81. The van der Waals surface area contributed by atoms with Crippen molar-refractivity contribution in [3.8, 4) is 11.5 Å². The molecule has 0 aliphatic carbocycles. The number of carbonyl (C=O) groups excluding carboxylic acids is 1. The molecule has 2 N–H and O–H groups in total. The molecule has 30 heavy (non-hydrogen) atoms. The van der Waals surface area contributed by atoms with Crippen molar-refractivity contribution in [2.45, 2.75) is 6.54 Å². The zero-order chi connectivity index (χ0) is 20.6. The van der Waals surface area contributed by atoms with Gasteiger partial charge in [0.15, 0.2) is 0 Å². The minimum atomic E-state index is -0.337. The largest absolute Gasteiger partial charge is 0.457 e. The molecule has 4 rings (SSSR count). The third kappa shape index (κ3) is 5.17. The number of para-hydroxylation sites is 1. The Balaban J connectivity index is 1.32. The summed E-state index contributed by atoms with van der Waals surface area (Å²) in [6.07, 6.45) is 4.69. The number of nitrogens with zero attached hydrogens (tertiary/aromatic N) is 3. The number of aromatic nitrogens is 3. The Morgan fingerprint density at radius 1 is 0.800 bits per heavy atom. The van der Waals surface area contributed by atoms with Crippen LogP contribution in [-0.2, 0) is 6.54 Å². The van der Waals surface area contributed by atoms with Crippen molar-refractivity contribution >= 4 is 17.4 Å². The summed E-state index contributed by atoms with van der Waals surface area (Å²) < 4.78 is 5.74. The number of anilines is 2. The van der Waals surface area contributed by atoms with E-state index in [9.17, 15) is 4.79 Å². The lowest BCUT2D eigenvalue weighted by atomic mass is 10.3. The molecule has 0 bridgehead atoms. The van der Waals surface area contributed by atoms with Gasteiger partial charge < -0.3 is 15.4 Å². The standard InChI is InChI=1S/C23H19N5O2/c29-23(21-15-27-22(16-25-21)26-14-18-6-4-5-13-24-18)28-17-9-11-20(12-10-17)30-19-7-2-1-3-8-19/h1-13,15-16H,14H2,(H,26,27)(H,28,29). The number of pyridine rings is 1. The molecular formula is C23H19N5O2. The van der Waals surface area contributed by atoms with E-state index in [0.717, 1.165) is 11.4 Å². The molecule has 7 nitrogen and oxygen atoms in total. The molecule has 0 saturated carbocycles. The van der Waals surface area contributed by atoms with Gasteiger partial charge in [0.1, 0.15) is 23.0 Å². The molecule has 0 atom stereocenters. The molecule has 7 heteroatoms. The van der Waals surface area contributed by atoms with E-state index in [0.29, 0.717) is 23.8 Å². The fraction of sp³-hybridized carbons (Fsp3) is 0.0435. The van der Waals surface area contributed by atoms with Crippen LogP contribution in [0.1, 0.15) is 16.2 Å². The van der Waals surface area contributed by atoms with Crippen LogP contribution in [0.2, 0.25) is 0 Å². The number of carbonyl (C=O) groups is 1. The Morgan fingerprint density at radius 3 is 2.27 bits per heavy atom. The molecule has 0 spiro atoms. The van der Waals surface area contributed by atoms with Gasteiger partial charge in [-0.3, -0.25) is 9.78 Å². The lowest BCUT2D eigenvalue weighted by Crippen LogP contribution is -2.14. The van der Waals surface area contributed by atoms with E-state index in [1.54, 1.807) is 30.5 Å². The fourth-order valence-electron chi connectivity index (χ4n) is 2.65. The van der Waals surface area contributed by atoms with E-state index in [2.05, 4.69) is 25.6 Å². The Bertz CT molecular complexity index is 1090. The third-order valence-electron chi connectivity index (χ3n) is 4.15. The number of hydrogen-bond donors (Lipinski definition) is 2. The fourth-order valence-corrected chi connectivity index (χ4v) is 2.65. The van der Waals surface area contributed by atoms with Crippen molar-refractivity contribution in [1.82, 2.24) is 15.0 Å². The molecule has 0 fully saturated rings. The zero-order valence-electron chi connectivity index (χ0n) is 16.0. The van der Waals surface area contributed by atoms with Crippen molar-refractivity contribution in [2.75, 3.05) is 10.6 Å². The number of nitrogens with one attached hydrogen (secondary N) is 2. The Morgan fingerprint density at radius 2 is 1.57 bits per heavy atom. The summed E-state index contributed by atoms with van der Waals surface area (Å²) in [7, 11) is 0. The van der Waals surface area contributed by atoms with Gasteiger partial charge in [0.2, 0.25) is 0 Å². The molecule has 0 aliphatic rings. The molecule has 0 unspecified atom stereocenters. The van der Waals surface area contributed by atoms with Crippen LogP contribution in [0.4, 0.5) is 11.5 Å². The average molecular weight is 397 g/mol. The summed E-state index contributed by atoms with van der Waals surface area (Å²) in [5, 5.41) is 5.92. The van der Waals surface area contributed by atoms with Gasteiger partial charge >= 0.3 is 0 Å². The monoisotopic (exact) mass is 397 g/mol. The first-order chi connectivity index (χ1) is 14.8. The first kappa shape index (κ1) is 19.1. The summed E-state index contributed by atoms with van der Waals surface area (Å²) in [4.78, 5) is 25.1. The maximum Gasteiger partial charge on any atom is 0.275 e. The van der Waals surface area contributed by atoms with Gasteiger partial charge in [0.05, 0.1) is 24.6 Å². The van der Waals surface area contributed by atoms with Gasteiger partial charge in [-0.2, -0.15) is 0 Å². The Hall–Kier alpha value is -4.26. The van der Waals surface area contributed by atoms with Gasteiger partial charge in [-0.05, 0) is 48.5 Å². The van der Waals surface area contributed by atoms with Gasteiger partial charge in [-0.15, -0.1) is 0 Å². The molecule has 0 aliphatic heterocycles. The highest BCUT2D eigenvalue weighted by Gasteiger charge is 2.09. The van der Waals surface area contributed by atoms with Crippen molar-refractivity contribution in [1.29, 1.82) is 0 Å². The van der Waals surface area contributed by atoms with Gasteiger partial charge in [-0.25, -0.2) is 9.97 Å². The lowest BCUT2D eigenvalue weighted by molar-refractivity contribution is 0.102. The van der Waals surface area contributed by atoms with Gasteiger partial charge in [0.25, 0.3) is 5.91 Å². The second-order valence-electron chi connectivity index (χ2n) is 6.36. The van der Waals surface area contributed by atoms with E-state index < -0.39 is 0 Å². The highest BCUT2D eigenvalue weighted by Crippen LogP contribution is 2.22. The first-order valence-electron chi connectivity index (χ1n) is 9.36. The second-order valence-corrected chi connectivity index (χ2v) is 6.36. The molecule has 4 aromatic rings. The molecule has 0 radical (unpaired) electrons. The predicted molar refractivity (Wildman–Crippen MR) is 115 cm³/mol. The number of amides is 1. The van der Waals surface area contributed by atoms with Gasteiger partial charge in [-0.1, -0.05) is 24.3 Å². The van der Waals surface area contributed by atoms with Crippen molar-refractivity contribution in [3.05, 3.63) is 103 Å². The van der Waals surface area contributed by atoms with Crippen molar-refractivity contribution < 1.29 is 9.53 Å². The van der Waals surface area contributed by atoms with Crippen LogP contribution < -0.4 is 15.4 Å². The van der Waals surface area contributed by atoms with E-state index >= 15 is 0 Å². The van der Waals surface area contributed by atoms with Crippen LogP contribution in [0.5, 0.6) is 11.5 Å². The first-order valence-corrected chi connectivity index (χ1v) is 9.36. The number of benzene rings is 2. The van der Waals surface area contributed by atoms with Gasteiger partial charge in [0, 0.05) is 11.9 Å². The molecule has 148 valence electrons. The lowest BCUT2D eigenvalue weighted by Gasteiger charge is -2.08. The van der Waals surface area contributed by atoms with Crippen molar-refractivity contribution in [3.63, 3.8) is 0 Å². The number of ether oxygens (including phenoxy) is 1. The molecule has 0 saturated heterocycles. The zero-order valence-corrected chi connectivity index (χ0v) is 16.0. The quantitative estimate of drug-likeness (QED) is 0.476. The Labute approximate surface area is 173 Å². The number of rotatable bonds is 7. The molecule has 2 heterocycles. The summed E-state index contributed by atoms with van der Waals surface area (Å²) in [5.74, 6) is 1.67. The van der Waals surface area contributed by atoms with E-state index in [4.69, 9.17) is 4.74 Å². The van der Waals surface area contributed by atoms with E-state index in [1.165, 1.54) is 12.4 Å². The van der Waals surface area contributed by atoms with Crippen LogP contribution in [0.3, 0.4) is 0 Å². The maximum atomic E-state index is 12.4. The van der Waals surface area contributed by atoms with Crippen LogP contribution in [0, 0.1) is 0 Å². The van der Waals surface area contributed by atoms with Crippen molar-refractivity contribution in [2.24, 2.45) is 0 Å². The SMILES string of the molecule is O=C(Nc1ccc(Oc2ccccc2)cc1)c1cnc(NCc2ccccn2)cn1. The normalized spacial score (nSPS) is 10.3. The third-order valence-corrected chi connectivity index (χ3v) is 4.15. The number of hydrogen-bond acceptors (Lipinski definition) is 6. The summed E-state index contributed by atoms with van der Waals surface area (Å²) in [6, 6.07) is 22.3. The topological polar surface area (TPSA) is 89.0 Å². The summed E-state index contributed by atoms with van der Waals surface area (Å²) in [5.41, 5.74) is 1.75.